The Morgan fingerprint density at radius 3 is 2.57 bits per heavy atom. The second-order valence-electron chi connectivity index (χ2n) is 8.99. The van der Waals surface area contributed by atoms with Gasteiger partial charge in [-0.3, -0.25) is 20.4 Å². The van der Waals surface area contributed by atoms with Crippen molar-refractivity contribution in [3.05, 3.63) is 65.8 Å². The van der Waals surface area contributed by atoms with Crippen LogP contribution in [0.4, 0.5) is 16.6 Å². The maximum Gasteiger partial charge on any atom is 0.309 e. The van der Waals surface area contributed by atoms with Crippen molar-refractivity contribution in [1.82, 2.24) is 15.4 Å². The topological polar surface area (TPSA) is 105 Å². The molecular formula is C27H28ClN5O3S. The number of hydrazine groups is 1. The number of amides is 1. The van der Waals surface area contributed by atoms with E-state index in [1.54, 1.807) is 17.5 Å². The van der Waals surface area contributed by atoms with E-state index in [1.807, 2.05) is 68.4 Å². The molecule has 0 aliphatic rings. The minimum absolute atomic E-state index is 0.0354. The molecule has 10 heteroatoms. The first-order valence-electron chi connectivity index (χ1n) is 11.8. The number of aromatic nitrogens is 2. The number of hydrogen-bond acceptors (Lipinski definition) is 8. The van der Waals surface area contributed by atoms with E-state index in [9.17, 15) is 9.59 Å². The van der Waals surface area contributed by atoms with Gasteiger partial charge in [-0.15, -0.1) is 0 Å². The van der Waals surface area contributed by atoms with Crippen LogP contribution in [0.3, 0.4) is 0 Å². The molecule has 0 fully saturated rings. The Bertz CT molecular complexity index is 1390. The zero-order valence-electron chi connectivity index (χ0n) is 20.7. The Morgan fingerprint density at radius 2 is 1.84 bits per heavy atom. The highest BCUT2D eigenvalue weighted by Crippen LogP contribution is 2.31. The van der Waals surface area contributed by atoms with Gasteiger partial charge in [0.2, 0.25) is 5.91 Å². The van der Waals surface area contributed by atoms with Gasteiger partial charge in [0.15, 0.2) is 5.13 Å². The van der Waals surface area contributed by atoms with E-state index in [-0.39, 0.29) is 24.2 Å². The molecule has 0 saturated heterocycles. The number of hydrogen-bond donors (Lipinski definition) is 3. The number of ether oxygens (including phenoxy) is 1. The summed E-state index contributed by atoms with van der Waals surface area (Å²) in [6, 6.07) is 17.3. The summed E-state index contributed by atoms with van der Waals surface area (Å²) < 4.78 is 5.86. The molecule has 0 aliphatic heterocycles. The molecule has 4 rings (SSSR count). The number of nitrogens with zero attached hydrogens (tertiary/aromatic N) is 2. The van der Waals surface area contributed by atoms with Crippen molar-refractivity contribution < 1.29 is 14.3 Å². The van der Waals surface area contributed by atoms with Gasteiger partial charge >= 0.3 is 5.97 Å². The van der Waals surface area contributed by atoms with Crippen molar-refractivity contribution in [2.45, 2.75) is 26.7 Å². The third-order valence-corrected chi connectivity index (χ3v) is 6.80. The van der Waals surface area contributed by atoms with Crippen LogP contribution in [0.1, 0.15) is 26.7 Å². The van der Waals surface area contributed by atoms with Crippen LogP contribution < -0.4 is 16.2 Å². The average molecular weight is 538 g/mol. The molecule has 2 aromatic heterocycles. The van der Waals surface area contributed by atoms with Crippen molar-refractivity contribution in [2.24, 2.45) is 11.8 Å². The Kier molecular flexibility index (Phi) is 8.58. The first-order valence-corrected chi connectivity index (χ1v) is 13.0. The summed E-state index contributed by atoms with van der Waals surface area (Å²) in [4.78, 5) is 33.3. The van der Waals surface area contributed by atoms with Crippen molar-refractivity contribution in [3.63, 3.8) is 0 Å². The molecule has 0 spiro atoms. The fourth-order valence-electron chi connectivity index (χ4n) is 3.91. The van der Waals surface area contributed by atoms with Gasteiger partial charge in [-0.1, -0.05) is 48.9 Å². The molecule has 4 aromatic rings. The van der Waals surface area contributed by atoms with Crippen molar-refractivity contribution in [2.75, 3.05) is 17.9 Å². The summed E-state index contributed by atoms with van der Waals surface area (Å²) in [6.45, 7) is 4.00. The second-order valence-corrected chi connectivity index (χ2v) is 10.5. The number of thiazole rings is 1. The fourth-order valence-corrected chi connectivity index (χ4v) is 5.07. The highest BCUT2D eigenvalue weighted by atomic mass is 35.5. The number of anilines is 3. The van der Waals surface area contributed by atoms with Gasteiger partial charge in [-0.05, 0) is 65.9 Å². The Labute approximate surface area is 224 Å². The molecule has 2 aromatic carbocycles. The Morgan fingerprint density at radius 1 is 1.05 bits per heavy atom. The summed E-state index contributed by atoms with van der Waals surface area (Å²) in [6.07, 6.45) is 2.28. The van der Waals surface area contributed by atoms with Gasteiger partial charge < -0.3 is 10.1 Å². The highest BCUT2D eigenvalue weighted by Gasteiger charge is 2.23. The molecule has 1 atom stereocenters. The lowest BCUT2D eigenvalue weighted by Crippen LogP contribution is -2.33. The van der Waals surface area contributed by atoms with Gasteiger partial charge in [-0.2, -0.15) is 0 Å². The van der Waals surface area contributed by atoms with Crippen LogP contribution >= 0.6 is 22.9 Å². The van der Waals surface area contributed by atoms with Crippen LogP contribution in [0.25, 0.3) is 21.3 Å². The van der Waals surface area contributed by atoms with Crippen LogP contribution in [0.5, 0.6) is 0 Å². The molecule has 0 saturated carbocycles. The minimum atomic E-state index is -0.487. The number of rotatable bonds is 10. The van der Waals surface area contributed by atoms with E-state index in [4.69, 9.17) is 16.3 Å². The van der Waals surface area contributed by atoms with Gasteiger partial charge in [-0.25, -0.2) is 9.97 Å². The lowest BCUT2D eigenvalue weighted by atomic mass is 9.94. The van der Waals surface area contributed by atoms with Gasteiger partial charge in [0.25, 0.3) is 0 Å². The summed E-state index contributed by atoms with van der Waals surface area (Å²) in [7, 11) is 1.33. The van der Waals surface area contributed by atoms with E-state index in [1.165, 1.54) is 7.11 Å². The molecule has 1 amide bonds. The molecule has 37 heavy (non-hydrogen) atoms. The average Bonchev–Trinajstić information content (AvgIpc) is 3.28. The SMILES string of the molecule is COC(=O)[C@@H](CC(=O)NNc1cc(-c2ccc(Nc3nc4ccc(Cl)cc4s3)cc2)ccn1)CC(C)C. The molecule has 3 N–H and O–H groups in total. The monoisotopic (exact) mass is 537 g/mol. The van der Waals surface area contributed by atoms with E-state index >= 15 is 0 Å². The number of fused-ring (bicyclic) bond motifs is 1. The molecule has 0 bridgehead atoms. The zero-order valence-corrected chi connectivity index (χ0v) is 22.3. The largest absolute Gasteiger partial charge is 0.469 e. The molecule has 0 radical (unpaired) electrons. The van der Waals surface area contributed by atoms with Crippen LogP contribution in [0.15, 0.2) is 60.8 Å². The Balaban J connectivity index is 1.36. The maximum absolute atomic E-state index is 12.4. The van der Waals surface area contributed by atoms with E-state index < -0.39 is 5.92 Å². The first-order chi connectivity index (χ1) is 17.8. The summed E-state index contributed by atoms with van der Waals surface area (Å²) >= 11 is 7.62. The standard InChI is InChI=1S/C27H28ClN5O3S/c1-16(2)12-19(26(35)36-3)14-25(34)33-32-24-13-18(10-11-29-24)17-4-7-21(8-5-17)30-27-31-22-9-6-20(28)15-23(22)37-27/h4-11,13,15-16,19H,12,14H2,1-3H3,(H,29,32)(H,30,31)(H,33,34)/t19-/m1/s1. The van der Waals surface area contributed by atoms with Crippen LogP contribution in [-0.4, -0.2) is 29.0 Å². The van der Waals surface area contributed by atoms with Gasteiger partial charge in [0.05, 0.1) is 23.2 Å². The normalized spacial score (nSPS) is 11.8. The van der Waals surface area contributed by atoms with Crippen LogP contribution in [0.2, 0.25) is 5.02 Å². The first kappa shape index (κ1) is 26.4. The second kappa shape index (κ2) is 12.0. The van der Waals surface area contributed by atoms with E-state index in [2.05, 4.69) is 26.1 Å². The molecule has 0 aliphatic carbocycles. The number of esters is 1. The van der Waals surface area contributed by atoms with Gasteiger partial charge in [0.1, 0.15) is 5.82 Å². The molecule has 0 unspecified atom stereocenters. The molecular weight excluding hydrogens is 510 g/mol. The quantitative estimate of drug-likeness (QED) is 0.158. The number of carbonyl (C=O) groups is 2. The summed E-state index contributed by atoms with van der Waals surface area (Å²) in [5.41, 5.74) is 9.20. The molecule has 2 heterocycles. The van der Waals surface area contributed by atoms with Crippen LogP contribution in [0, 0.1) is 11.8 Å². The lowest BCUT2D eigenvalue weighted by molar-refractivity contribution is -0.148. The fraction of sp³-hybridized carbons (Fsp3) is 0.259. The smallest absolute Gasteiger partial charge is 0.309 e. The lowest BCUT2D eigenvalue weighted by Gasteiger charge is -2.16. The number of nitrogens with one attached hydrogen (secondary N) is 3. The Hall–Kier alpha value is -3.69. The maximum atomic E-state index is 12.4. The highest BCUT2D eigenvalue weighted by molar-refractivity contribution is 7.22. The number of halogens is 1. The predicted molar refractivity (Wildman–Crippen MR) is 149 cm³/mol. The number of methoxy groups -OCH3 is 1. The zero-order chi connectivity index (χ0) is 26.4. The molecule has 192 valence electrons. The third-order valence-electron chi connectivity index (χ3n) is 5.63. The third kappa shape index (κ3) is 7.18. The number of benzene rings is 2. The number of carbonyl (C=O) groups excluding carboxylic acids is 2. The van der Waals surface area contributed by atoms with Crippen molar-refractivity contribution >= 4 is 61.7 Å². The summed E-state index contributed by atoms with van der Waals surface area (Å²) in [5.74, 6) is -0.422. The molecule has 8 nitrogen and oxygen atoms in total. The van der Waals surface area contributed by atoms with Crippen molar-refractivity contribution in [1.29, 1.82) is 0 Å². The van der Waals surface area contributed by atoms with E-state index in [0.717, 1.165) is 32.2 Å². The van der Waals surface area contributed by atoms with Crippen LogP contribution in [-0.2, 0) is 14.3 Å². The minimum Gasteiger partial charge on any atom is -0.469 e. The predicted octanol–water partition coefficient (Wildman–Crippen LogP) is 6.42. The van der Waals surface area contributed by atoms with Gasteiger partial charge in [0, 0.05) is 23.3 Å². The van der Waals surface area contributed by atoms with E-state index in [0.29, 0.717) is 17.3 Å². The number of pyridine rings is 1. The van der Waals surface area contributed by atoms with Crippen molar-refractivity contribution in [3.8, 4) is 11.1 Å². The summed E-state index contributed by atoms with van der Waals surface area (Å²) in [5, 5.41) is 4.81.